The van der Waals surface area contributed by atoms with Crippen molar-refractivity contribution in [1.82, 2.24) is 9.13 Å². The monoisotopic (exact) mass is 1020 g/mol. The van der Waals surface area contributed by atoms with E-state index < -0.39 is 0 Å². The van der Waals surface area contributed by atoms with Crippen LogP contribution in [0.2, 0.25) is 0 Å². The Kier molecular flexibility index (Phi) is 12.2. The van der Waals surface area contributed by atoms with Crippen molar-refractivity contribution in [3.63, 3.8) is 0 Å². The SMILES string of the molecule is [C-]#[N+]c1c(-n2c3cc(-c4c(C)cc(C)cc4C)ccc3c3ccc(-c4c(C)cc(C)cc4C)cc32)ccc(-c2cc(C)cc(C#N)c2)c1-n1c2cc(-c3c(C)cc(C)cc3C)ccc2c2ccc(-c3c(C)cc(C)cc3C)cc21. The molecular weight excluding hydrogens is 957 g/mol. The summed E-state index contributed by atoms with van der Waals surface area (Å²) in [4.78, 5) is 4.78. The van der Waals surface area contributed by atoms with Gasteiger partial charge in [-0.3, -0.25) is 0 Å². The van der Waals surface area contributed by atoms with E-state index in [1.807, 2.05) is 19.1 Å². The van der Waals surface area contributed by atoms with E-state index in [9.17, 15) is 11.8 Å². The first-order valence-corrected chi connectivity index (χ1v) is 27.5. The number of aryl methyl sites for hydroxylation is 13. The predicted molar refractivity (Wildman–Crippen MR) is 335 cm³/mol. The van der Waals surface area contributed by atoms with Crippen LogP contribution in [0.15, 0.2) is 152 Å². The molecule has 12 aromatic rings. The van der Waals surface area contributed by atoms with Gasteiger partial charge in [0.2, 0.25) is 5.69 Å². The summed E-state index contributed by atoms with van der Waals surface area (Å²) in [7, 11) is 0. The molecule has 0 amide bonds. The second-order valence-corrected chi connectivity index (χ2v) is 22.8. The molecule has 0 unspecified atom stereocenters. The van der Waals surface area contributed by atoms with Gasteiger partial charge in [-0.15, -0.1) is 0 Å². The lowest BCUT2D eigenvalue weighted by Gasteiger charge is -2.21. The highest BCUT2D eigenvalue weighted by molar-refractivity contribution is 6.15. The van der Waals surface area contributed by atoms with E-state index in [0.29, 0.717) is 11.3 Å². The van der Waals surface area contributed by atoms with Crippen LogP contribution >= 0.6 is 0 Å². The summed E-state index contributed by atoms with van der Waals surface area (Å²) in [5, 5.41) is 15.0. The van der Waals surface area contributed by atoms with Gasteiger partial charge < -0.3 is 9.13 Å². The lowest BCUT2D eigenvalue weighted by molar-refractivity contribution is 1.14. The maximum atomic E-state index is 10.5. The van der Waals surface area contributed by atoms with Crippen molar-refractivity contribution in [2.24, 2.45) is 0 Å². The number of fused-ring (bicyclic) bond motifs is 6. The molecule has 0 saturated carbocycles. The van der Waals surface area contributed by atoms with Crippen molar-refractivity contribution in [3.05, 3.63) is 241 Å². The number of aromatic nitrogens is 2. The maximum Gasteiger partial charge on any atom is 0.234 e. The Morgan fingerprint density at radius 1 is 0.342 bits per heavy atom. The molecule has 4 nitrogen and oxygen atoms in total. The fraction of sp³-hybridized carbons (Fsp3) is 0.173. The van der Waals surface area contributed by atoms with Crippen molar-refractivity contribution < 1.29 is 0 Å². The summed E-state index contributed by atoms with van der Waals surface area (Å²) >= 11 is 0. The molecule has 0 aliphatic heterocycles. The van der Waals surface area contributed by atoms with Gasteiger partial charge in [0.05, 0.1) is 51.6 Å². The quantitative estimate of drug-likeness (QED) is 0.147. The second-order valence-electron chi connectivity index (χ2n) is 22.8. The van der Waals surface area contributed by atoms with Crippen LogP contribution < -0.4 is 0 Å². The highest BCUT2D eigenvalue weighted by Crippen LogP contribution is 2.49. The number of hydrogen-bond donors (Lipinski definition) is 0. The molecule has 0 saturated heterocycles. The van der Waals surface area contributed by atoms with Crippen molar-refractivity contribution in [3.8, 4) is 73.1 Å². The lowest BCUT2D eigenvalue weighted by Crippen LogP contribution is -2.03. The Labute approximate surface area is 465 Å². The molecule has 2 aromatic heterocycles. The summed E-state index contributed by atoms with van der Waals surface area (Å²) in [5.74, 6) is 0. The zero-order valence-corrected chi connectivity index (χ0v) is 47.7. The van der Waals surface area contributed by atoms with Gasteiger partial charge in [-0.1, -0.05) is 131 Å². The second kappa shape index (κ2) is 19.1. The van der Waals surface area contributed by atoms with Gasteiger partial charge in [-0.05, 0) is 238 Å². The minimum atomic E-state index is 0.512. The largest absolute Gasteiger partial charge is 0.319 e. The molecule has 10 aromatic carbocycles. The summed E-state index contributed by atoms with van der Waals surface area (Å²) in [5.41, 5.74) is 33.5. The van der Waals surface area contributed by atoms with Crippen LogP contribution in [0.5, 0.6) is 0 Å². The summed E-state index contributed by atoms with van der Waals surface area (Å²) in [6, 6.07) is 58.7. The number of nitriles is 1. The van der Waals surface area contributed by atoms with E-state index in [1.54, 1.807) is 0 Å². The molecule has 79 heavy (non-hydrogen) atoms. The van der Waals surface area contributed by atoms with E-state index in [0.717, 1.165) is 93.9 Å². The van der Waals surface area contributed by atoms with Crippen LogP contribution in [-0.4, -0.2) is 9.13 Å². The van der Waals surface area contributed by atoms with Gasteiger partial charge in [-0.2, -0.15) is 5.26 Å². The molecule has 0 spiro atoms. The van der Waals surface area contributed by atoms with Crippen molar-refractivity contribution >= 4 is 49.3 Å². The minimum absolute atomic E-state index is 0.512. The van der Waals surface area contributed by atoms with Crippen LogP contribution in [0.4, 0.5) is 5.69 Å². The van der Waals surface area contributed by atoms with E-state index in [2.05, 4.69) is 238 Å². The minimum Gasteiger partial charge on any atom is -0.319 e. The fourth-order valence-corrected chi connectivity index (χ4v) is 14.0. The zero-order valence-electron chi connectivity index (χ0n) is 47.7. The number of nitrogens with zero attached hydrogens (tertiary/aromatic N) is 4. The predicted octanol–water partition coefficient (Wildman–Crippen LogP) is 20.6. The van der Waals surface area contributed by atoms with Crippen LogP contribution in [0.3, 0.4) is 0 Å². The first kappa shape index (κ1) is 50.6. The van der Waals surface area contributed by atoms with Gasteiger partial charge >= 0.3 is 0 Å². The molecule has 0 aliphatic carbocycles. The zero-order chi connectivity index (χ0) is 55.5. The highest BCUT2D eigenvalue weighted by Gasteiger charge is 2.27. The molecule has 12 rings (SSSR count). The normalized spacial score (nSPS) is 11.6. The van der Waals surface area contributed by atoms with Crippen LogP contribution in [0.1, 0.15) is 77.9 Å². The van der Waals surface area contributed by atoms with Gasteiger partial charge in [-0.25, -0.2) is 4.85 Å². The average molecular weight is 1020 g/mol. The molecule has 4 heteroatoms. The summed E-state index contributed by atoms with van der Waals surface area (Å²) in [6.45, 7) is 38.1. The van der Waals surface area contributed by atoms with Crippen molar-refractivity contribution in [1.29, 1.82) is 5.26 Å². The molecule has 0 atom stereocenters. The third-order valence-corrected chi connectivity index (χ3v) is 16.6. The average Bonchev–Trinajstić information content (AvgIpc) is 3.83. The van der Waals surface area contributed by atoms with Gasteiger partial charge in [0.15, 0.2) is 0 Å². The van der Waals surface area contributed by atoms with Crippen LogP contribution in [0.25, 0.3) is 115 Å². The van der Waals surface area contributed by atoms with E-state index in [4.69, 9.17) is 4.85 Å². The van der Waals surface area contributed by atoms with E-state index >= 15 is 0 Å². The molecule has 0 bridgehead atoms. The molecule has 0 radical (unpaired) electrons. The smallest absolute Gasteiger partial charge is 0.234 e. The van der Waals surface area contributed by atoms with Gasteiger partial charge in [0.1, 0.15) is 0 Å². The van der Waals surface area contributed by atoms with Crippen LogP contribution in [-0.2, 0) is 0 Å². The Bertz CT molecular complexity index is 4380. The first-order valence-electron chi connectivity index (χ1n) is 27.5. The van der Waals surface area contributed by atoms with Crippen molar-refractivity contribution in [2.45, 2.75) is 90.0 Å². The summed E-state index contributed by atoms with van der Waals surface area (Å²) < 4.78 is 4.76. The fourth-order valence-electron chi connectivity index (χ4n) is 14.0. The summed E-state index contributed by atoms with van der Waals surface area (Å²) in [6.07, 6.45) is 0. The topological polar surface area (TPSA) is 38.0 Å². The first-order chi connectivity index (χ1) is 37.9. The molecule has 0 N–H and O–H groups in total. The molecule has 0 fully saturated rings. The van der Waals surface area contributed by atoms with Gasteiger partial charge in [0.25, 0.3) is 0 Å². The molecule has 2 heterocycles. The number of hydrogen-bond acceptors (Lipinski definition) is 1. The molecular formula is C75H64N4. The Balaban J connectivity index is 1.27. The van der Waals surface area contributed by atoms with Crippen molar-refractivity contribution in [2.75, 3.05) is 0 Å². The highest BCUT2D eigenvalue weighted by atomic mass is 15.1. The third-order valence-electron chi connectivity index (χ3n) is 16.6. The van der Waals surface area contributed by atoms with E-state index in [-0.39, 0.29) is 0 Å². The van der Waals surface area contributed by atoms with Crippen LogP contribution in [0, 0.1) is 108 Å². The number of benzene rings is 10. The molecule has 384 valence electrons. The molecule has 0 aliphatic rings. The van der Waals surface area contributed by atoms with E-state index in [1.165, 1.54) is 89.0 Å². The lowest BCUT2D eigenvalue weighted by atomic mass is 9.92. The number of rotatable bonds is 7. The standard InChI is InChI=1S/C75H64N4/c1-41-25-46(6)70(47(7)26-41)55-15-19-61-62-20-16-56(71-48(8)27-42(2)28-49(71)9)37-67(62)78(66(61)36-55)65-24-23-60(59-34-45(5)33-54(35-59)40-76)75(74(65)77-14)79-68-38-57(72-50(10)29-43(3)30-51(72)11)17-21-63(68)64-22-18-58(39-69(64)79)73-52(12)31-44(4)32-53(73)13/h15-39H,1-13H3. The Morgan fingerprint density at radius 2 is 0.658 bits per heavy atom. The maximum absolute atomic E-state index is 10.5. The third kappa shape index (κ3) is 8.34. The van der Waals surface area contributed by atoms with Gasteiger partial charge in [0, 0.05) is 21.5 Å². The Morgan fingerprint density at radius 3 is 0.975 bits per heavy atom. The Hall–Kier alpha value is -9.22.